The molecule has 15 heavy (non-hydrogen) atoms. The minimum Gasteiger partial charge on any atom is -0.465 e. The molecule has 0 aliphatic heterocycles. The van der Waals surface area contributed by atoms with E-state index in [1.54, 1.807) is 24.0 Å². The zero-order chi connectivity index (χ0) is 11.0. The Bertz CT molecular complexity index is 459. The first-order valence-corrected chi connectivity index (χ1v) is 5.78. The summed E-state index contributed by atoms with van der Waals surface area (Å²) >= 11 is 6.63. The van der Waals surface area contributed by atoms with E-state index in [1.807, 2.05) is 0 Å². The van der Waals surface area contributed by atoms with Crippen molar-refractivity contribution >= 4 is 31.9 Å². The Morgan fingerprint density at radius 1 is 1.47 bits per heavy atom. The summed E-state index contributed by atoms with van der Waals surface area (Å²) in [5.41, 5.74) is 0.658. The fraction of sp³-hybridized carbons (Fsp3) is 0.222. The Kier molecular flexibility index (Phi) is 2.99. The van der Waals surface area contributed by atoms with Gasteiger partial charge in [0, 0.05) is 7.05 Å². The largest absolute Gasteiger partial charge is 0.465 e. The number of furan rings is 1. The first-order chi connectivity index (χ1) is 7.11. The van der Waals surface area contributed by atoms with Crippen LogP contribution in [0.3, 0.4) is 0 Å². The fourth-order valence-electron chi connectivity index (χ4n) is 1.35. The van der Waals surface area contributed by atoms with Crippen molar-refractivity contribution in [2.75, 3.05) is 0 Å². The van der Waals surface area contributed by atoms with Gasteiger partial charge >= 0.3 is 0 Å². The summed E-state index contributed by atoms with van der Waals surface area (Å²) in [5, 5.41) is 14.1. The summed E-state index contributed by atoms with van der Waals surface area (Å²) in [7, 11) is 1.76. The van der Waals surface area contributed by atoms with Crippen LogP contribution in [0.5, 0.6) is 0 Å². The number of aliphatic hydroxyl groups excluding tert-OH is 1. The zero-order valence-corrected chi connectivity index (χ0v) is 11.0. The van der Waals surface area contributed by atoms with Crippen LogP contribution in [0.1, 0.15) is 17.6 Å². The molecular weight excluding hydrogens is 328 g/mol. The maximum absolute atomic E-state index is 10.1. The van der Waals surface area contributed by atoms with Crippen LogP contribution in [0.4, 0.5) is 0 Å². The van der Waals surface area contributed by atoms with Crippen molar-refractivity contribution in [3.05, 3.63) is 38.9 Å². The molecule has 0 amide bonds. The van der Waals surface area contributed by atoms with Crippen LogP contribution in [-0.4, -0.2) is 14.9 Å². The predicted molar refractivity (Wildman–Crippen MR) is 61.4 cm³/mol. The summed E-state index contributed by atoms with van der Waals surface area (Å²) < 4.78 is 8.29. The molecule has 80 valence electrons. The number of aliphatic hydroxyl groups is 1. The Hall–Kier alpha value is -0.590. The second-order valence-corrected chi connectivity index (χ2v) is 4.75. The number of hydrogen-bond donors (Lipinski definition) is 1. The average Bonchev–Trinajstić information content (AvgIpc) is 2.73. The molecule has 2 aromatic rings. The van der Waals surface area contributed by atoms with Gasteiger partial charge in [0.1, 0.15) is 0 Å². The van der Waals surface area contributed by atoms with Crippen molar-refractivity contribution in [2.24, 2.45) is 7.05 Å². The summed E-state index contributed by atoms with van der Waals surface area (Å²) in [6.07, 6.45) is 2.32. The molecule has 0 aliphatic carbocycles. The summed E-state index contributed by atoms with van der Waals surface area (Å²) in [6.45, 7) is 0. The molecule has 0 spiro atoms. The molecule has 1 atom stereocenters. The third-order valence-electron chi connectivity index (χ3n) is 2.09. The number of nitrogens with zero attached hydrogens (tertiary/aromatic N) is 2. The lowest BCUT2D eigenvalue weighted by Crippen LogP contribution is -2.06. The van der Waals surface area contributed by atoms with Gasteiger partial charge < -0.3 is 9.52 Å². The third-order valence-corrected chi connectivity index (χ3v) is 3.36. The fourth-order valence-corrected chi connectivity index (χ4v) is 2.34. The molecule has 0 aromatic carbocycles. The van der Waals surface area contributed by atoms with E-state index in [0.717, 1.165) is 8.95 Å². The van der Waals surface area contributed by atoms with Gasteiger partial charge in [0.15, 0.2) is 11.9 Å². The molecule has 0 fully saturated rings. The topological polar surface area (TPSA) is 51.2 Å². The average molecular weight is 336 g/mol. The van der Waals surface area contributed by atoms with Crippen molar-refractivity contribution in [3.8, 4) is 0 Å². The molecular formula is C9H8Br2N2O2. The van der Waals surface area contributed by atoms with Gasteiger partial charge in [-0.1, -0.05) is 0 Å². The highest BCUT2D eigenvalue weighted by Crippen LogP contribution is 2.32. The van der Waals surface area contributed by atoms with Crippen molar-refractivity contribution in [3.63, 3.8) is 0 Å². The third kappa shape index (κ3) is 1.89. The van der Waals surface area contributed by atoms with Crippen LogP contribution in [0, 0.1) is 0 Å². The molecule has 2 aromatic heterocycles. The molecule has 0 bridgehead atoms. The van der Waals surface area contributed by atoms with Gasteiger partial charge in [0.05, 0.1) is 27.1 Å². The highest BCUT2D eigenvalue weighted by atomic mass is 79.9. The maximum Gasteiger partial charge on any atom is 0.155 e. The van der Waals surface area contributed by atoms with Gasteiger partial charge in [-0.25, -0.2) is 0 Å². The van der Waals surface area contributed by atoms with Gasteiger partial charge in [-0.05, 0) is 37.9 Å². The number of hydrogen-bond acceptors (Lipinski definition) is 3. The highest BCUT2D eigenvalue weighted by Gasteiger charge is 2.22. The Morgan fingerprint density at radius 3 is 2.67 bits per heavy atom. The molecule has 4 nitrogen and oxygen atoms in total. The van der Waals surface area contributed by atoms with Crippen molar-refractivity contribution in [2.45, 2.75) is 6.10 Å². The Balaban J connectivity index is 2.45. The first kappa shape index (κ1) is 10.9. The van der Waals surface area contributed by atoms with E-state index >= 15 is 0 Å². The van der Waals surface area contributed by atoms with Gasteiger partial charge in [-0.3, -0.25) is 4.68 Å². The molecule has 0 radical (unpaired) electrons. The number of halogens is 2. The van der Waals surface area contributed by atoms with Crippen molar-refractivity contribution in [1.82, 2.24) is 9.78 Å². The normalized spacial score (nSPS) is 13.1. The van der Waals surface area contributed by atoms with E-state index < -0.39 is 6.10 Å². The van der Waals surface area contributed by atoms with Crippen molar-refractivity contribution < 1.29 is 9.52 Å². The molecule has 2 rings (SSSR count). The van der Waals surface area contributed by atoms with Crippen molar-refractivity contribution in [1.29, 1.82) is 0 Å². The number of rotatable bonds is 2. The van der Waals surface area contributed by atoms with Crippen LogP contribution < -0.4 is 0 Å². The van der Waals surface area contributed by atoms with Gasteiger partial charge in [0.25, 0.3) is 0 Å². The Morgan fingerprint density at radius 2 is 2.20 bits per heavy atom. The second-order valence-electron chi connectivity index (χ2n) is 3.04. The molecule has 1 N–H and O–H groups in total. The quantitative estimate of drug-likeness (QED) is 0.917. The van der Waals surface area contributed by atoms with Gasteiger partial charge in [-0.2, -0.15) is 5.10 Å². The molecule has 1 unspecified atom stereocenters. The molecule has 0 saturated carbocycles. The molecule has 2 heterocycles. The lowest BCUT2D eigenvalue weighted by Gasteiger charge is -2.09. The predicted octanol–water partition coefficient (Wildman–Crippen LogP) is 2.62. The van der Waals surface area contributed by atoms with E-state index in [9.17, 15) is 5.11 Å². The van der Waals surface area contributed by atoms with E-state index in [2.05, 4.69) is 37.0 Å². The standard InChI is InChI=1S/C9H8Br2N2O2/c1-13-7(6(11)4-12-13)8(14)9-5(10)2-3-15-9/h2-4,8,14H,1H3. The van der Waals surface area contributed by atoms with Crippen LogP contribution in [0.15, 0.2) is 31.9 Å². The molecule has 0 aliphatic rings. The maximum atomic E-state index is 10.1. The molecule has 6 heteroatoms. The van der Waals surface area contributed by atoms with Crippen LogP contribution in [0.2, 0.25) is 0 Å². The number of aromatic nitrogens is 2. The van der Waals surface area contributed by atoms with E-state index in [-0.39, 0.29) is 0 Å². The van der Waals surface area contributed by atoms with Crippen LogP contribution in [0.25, 0.3) is 0 Å². The zero-order valence-electron chi connectivity index (χ0n) is 7.82. The smallest absolute Gasteiger partial charge is 0.155 e. The SMILES string of the molecule is Cn1ncc(Br)c1C(O)c1occc1Br. The monoisotopic (exact) mass is 334 g/mol. The van der Waals surface area contributed by atoms with Crippen LogP contribution >= 0.6 is 31.9 Å². The van der Waals surface area contributed by atoms with Gasteiger partial charge in [-0.15, -0.1) is 0 Å². The van der Waals surface area contributed by atoms with Gasteiger partial charge in [0.2, 0.25) is 0 Å². The summed E-state index contributed by atoms with van der Waals surface area (Å²) in [5.74, 6) is 0.472. The van der Waals surface area contributed by atoms with E-state index in [0.29, 0.717) is 11.5 Å². The number of aryl methyl sites for hydroxylation is 1. The lowest BCUT2D eigenvalue weighted by molar-refractivity contribution is 0.178. The van der Waals surface area contributed by atoms with Crippen LogP contribution in [-0.2, 0) is 7.05 Å². The highest BCUT2D eigenvalue weighted by molar-refractivity contribution is 9.10. The summed E-state index contributed by atoms with van der Waals surface area (Å²) in [4.78, 5) is 0. The van der Waals surface area contributed by atoms with E-state index in [1.165, 1.54) is 6.26 Å². The minimum atomic E-state index is -0.837. The minimum absolute atomic E-state index is 0.472. The second kappa shape index (κ2) is 4.11. The molecule has 0 saturated heterocycles. The first-order valence-electron chi connectivity index (χ1n) is 4.19. The Labute approximate surface area is 103 Å². The lowest BCUT2D eigenvalue weighted by atomic mass is 10.2. The summed E-state index contributed by atoms with van der Waals surface area (Å²) in [6, 6.07) is 1.74. The van der Waals surface area contributed by atoms with E-state index in [4.69, 9.17) is 4.42 Å².